The van der Waals surface area contributed by atoms with E-state index >= 15 is 0 Å². The number of aryl methyl sites for hydroxylation is 2. The Hall–Kier alpha value is -1.68. The molecule has 1 aromatic rings. The molecule has 8 nitrogen and oxygen atoms in total. The Kier molecular flexibility index (Phi) is 8.19. The third kappa shape index (κ3) is 5.62. The average molecular weight is 468 g/mol. The molecule has 2 fully saturated rings. The first-order chi connectivity index (χ1) is 15.2. The highest BCUT2D eigenvalue weighted by atomic mass is 32.2. The van der Waals surface area contributed by atoms with Crippen LogP contribution in [-0.4, -0.2) is 83.6 Å². The third-order valence-electron chi connectivity index (χ3n) is 6.95. The van der Waals surface area contributed by atoms with Crippen molar-refractivity contribution in [1.82, 2.24) is 14.5 Å². The maximum Gasteiger partial charge on any atom is 0.248 e. The van der Waals surface area contributed by atoms with Crippen LogP contribution in [-0.2, 0) is 19.6 Å². The van der Waals surface area contributed by atoms with Crippen LogP contribution in [0.15, 0.2) is 17.0 Å². The Labute approximate surface area is 192 Å². The summed E-state index contributed by atoms with van der Waals surface area (Å²) in [7, 11) is -0.573. The molecule has 0 bridgehead atoms. The molecule has 0 unspecified atom stereocenters. The highest BCUT2D eigenvalue weighted by molar-refractivity contribution is 7.89. The number of likely N-dealkylation sites (tertiary alicyclic amines) is 1. The second-order valence-corrected chi connectivity index (χ2v) is 11.1. The van der Waals surface area contributed by atoms with Crippen LogP contribution in [0.4, 0.5) is 0 Å². The average Bonchev–Trinajstić information content (AvgIpc) is 2.76. The molecule has 1 spiro atoms. The Balaban J connectivity index is 1.46. The molecule has 0 radical (unpaired) electrons. The number of nitrogens with zero attached hydrogens (tertiary/aromatic N) is 2. The number of methoxy groups -OCH3 is 1. The number of nitrogens with one attached hydrogen (secondary N) is 1. The molecule has 9 heteroatoms. The van der Waals surface area contributed by atoms with Crippen LogP contribution >= 0.6 is 0 Å². The summed E-state index contributed by atoms with van der Waals surface area (Å²) < 4.78 is 38.1. The molecule has 2 aliphatic rings. The molecule has 180 valence electrons. The minimum absolute atomic E-state index is 0.0109. The van der Waals surface area contributed by atoms with Gasteiger partial charge in [0.25, 0.3) is 0 Å². The quantitative estimate of drug-likeness (QED) is 0.588. The van der Waals surface area contributed by atoms with E-state index in [-0.39, 0.29) is 30.6 Å². The molecule has 1 N–H and O–H groups in total. The van der Waals surface area contributed by atoms with Gasteiger partial charge in [0.15, 0.2) is 0 Å². The van der Waals surface area contributed by atoms with E-state index in [0.717, 1.165) is 39.0 Å². The lowest BCUT2D eigenvalue weighted by molar-refractivity contribution is -0.138. The van der Waals surface area contributed by atoms with Gasteiger partial charge in [0.05, 0.1) is 18.6 Å². The largest absolute Gasteiger partial charge is 0.497 e. The van der Waals surface area contributed by atoms with Crippen LogP contribution in [0.25, 0.3) is 0 Å². The summed E-state index contributed by atoms with van der Waals surface area (Å²) in [5.74, 6) is 0.619. The second-order valence-electron chi connectivity index (χ2n) is 9.10. The molecule has 1 aromatic carbocycles. The molecule has 0 aromatic heterocycles. The normalized spacial score (nSPS) is 18.8. The number of likely N-dealkylation sites (N-methyl/N-ethyl adjacent to an activating group) is 1. The molecular weight excluding hydrogens is 430 g/mol. The highest BCUT2D eigenvalue weighted by Gasteiger charge is 2.36. The first kappa shape index (κ1) is 25.0. The Morgan fingerprint density at radius 1 is 1.12 bits per heavy atom. The zero-order valence-corrected chi connectivity index (χ0v) is 20.6. The molecule has 2 heterocycles. The Bertz CT molecular complexity index is 879. The number of ether oxygens (including phenoxy) is 2. The SMILES string of the molecule is COc1cc(C)c(S(=O)(=O)N(C)CCOCC(=O)N2CCC3(CCNCC3)CC2)c(C)c1. The van der Waals surface area contributed by atoms with Crippen LogP contribution in [0, 0.1) is 19.3 Å². The van der Waals surface area contributed by atoms with Gasteiger partial charge in [0.2, 0.25) is 15.9 Å². The third-order valence-corrected chi connectivity index (χ3v) is 9.12. The summed E-state index contributed by atoms with van der Waals surface area (Å²) in [5.41, 5.74) is 1.68. The van der Waals surface area contributed by atoms with Crippen LogP contribution in [0.2, 0.25) is 0 Å². The van der Waals surface area contributed by atoms with Crippen LogP contribution in [0.3, 0.4) is 0 Å². The summed E-state index contributed by atoms with van der Waals surface area (Å²) in [6, 6.07) is 3.44. The van der Waals surface area contributed by atoms with Crippen molar-refractivity contribution < 1.29 is 22.7 Å². The number of piperidine rings is 2. The number of amides is 1. The lowest BCUT2D eigenvalue weighted by Crippen LogP contribution is -2.48. The van der Waals surface area contributed by atoms with Gasteiger partial charge in [0.1, 0.15) is 12.4 Å². The fraction of sp³-hybridized carbons (Fsp3) is 0.696. The summed E-state index contributed by atoms with van der Waals surface area (Å²) in [5, 5.41) is 3.41. The second kappa shape index (κ2) is 10.5. The number of sulfonamides is 1. The van der Waals surface area contributed by atoms with Crippen LogP contribution < -0.4 is 10.1 Å². The van der Waals surface area contributed by atoms with Crippen molar-refractivity contribution in [3.63, 3.8) is 0 Å². The monoisotopic (exact) mass is 467 g/mol. The minimum Gasteiger partial charge on any atom is -0.497 e. The van der Waals surface area contributed by atoms with E-state index in [1.165, 1.54) is 24.2 Å². The molecule has 0 aliphatic carbocycles. The van der Waals surface area contributed by atoms with Crippen molar-refractivity contribution in [3.8, 4) is 5.75 Å². The Morgan fingerprint density at radius 3 is 2.28 bits per heavy atom. The van der Waals surface area contributed by atoms with E-state index < -0.39 is 10.0 Å². The predicted molar refractivity (Wildman–Crippen MR) is 123 cm³/mol. The molecule has 1 amide bonds. The highest BCUT2D eigenvalue weighted by Crippen LogP contribution is 2.39. The zero-order chi connectivity index (χ0) is 23.4. The van der Waals surface area contributed by atoms with Crippen LogP contribution in [0.1, 0.15) is 36.8 Å². The van der Waals surface area contributed by atoms with Crippen molar-refractivity contribution in [2.24, 2.45) is 5.41 Å². The molecular formula is C23H37N3O5S. The molecule has 3 rings (SSSR count). The van der Waals surface area contributed by atoms with Crippen molar-refractivity contribution in [1.29, 1.82) is 0 Å². The van der Waals surface area contributed by atoms with Gasteiger partial charge in [-0.05, 0) is 81.3 Å². The van der Waals surface area contributed by atoms with E-state index in [1.807, 2.05) is 4.90 Å². The molecule has 2 aliphatic heterocycles. The standard InChI is InChI=1S/C23H37N3O5S/c1-18-15-20(30-4)16-19(2)22(18)32(28,29)25(3)13-14-31-17-21(27)26-11-7-23(8-12-26)5-9-24-10-6-23/h15-16,24H,5-14,17H2,1-4H3. The van der Waals surface area contributed by atoms with E-state index in [4.69, 9.17) is 9.47 Å². The summed E-state index contributed by atoms with van der Waals surface area (Å²) in [6.45, 7) is 7.57. The maximum atomic E-state index is 13.0. The summed E-state index contributed by atoms with van der Waals surface area (Å²) >= 11 is 0. The van der Waals surface area contributed by atoms with Gasteiger partial charge in [-0.1, -0.05) is 0 Å². The fourth-order valence-corrected chi connectivity index (χ4v) is 6.40. The number of carbonyl (C=O) groups is 1. The van der Waals surface area contributed by atoms with Crippen molar-refractivity contribution in [2.45, 2.75) is 44.4 Å². The maximum absolute atomic E-state index is 13.0. The molecule has 2 saturated heterocycles. The van der Waals surface area contributed by atoms with Crippen molar-refractivity contribution in [3.05, 3.63) is 23.3 Å². The number of hydrogen-bond acceptors (Lipinski definition) is 6. The Morgan fingerprint density at radius 2 is 1.72 bits per heavy atom. The van der Waals surface area contributed by atoms with Crippen molar-refractivity contribution >= 4 is 15.9 Å². The predicted octanol–water partition coefficient (Wildman–Crippen LogP) is 1.94. The van der Waals surface area contributed by atoms with Gasteiger partial charge in [-0.3, -0.25) is 4.79 Å². The number of carbonyl (C=O) groups excluding carboxylic acids is 1. The first-order valence-corrected chi connectivity index (χ1v) is 12.8. The topological polar surface area (TPSA) is 88.2 Å². The first-order valence-electron chi connectivity index (χ1n) is 11.4. The molecule has 0 atom stereocenters. The number of benzene rings is 1. The van der Waals surface area contributed by atoms with Crippen molar-refractivity contribution in [2.75, 3.05) is 60.1 Å². The van der Waals surface area contributed by atoms with Gasteiger partial charge >= 0.3 is 0 Å². The van der Waals surface area contributed by atoms with Gasteiger partial charge in [-0.15, -0.1) is 0 Å². The van der Waals surface area contributed by atoms with E-state index in [2.05, 4.69) is 5.32 Å². The van der Waals surface area contributed by atoms with Gasteiger partial charge in [0, 0.05) is 26.7 Å². The van der Waals surface area contributed by atoms with Crippen LogP contribution in [0.5, 0.6) is 5.75 Å². The minimum atomic E-state index is -3.67. The smallest absolute Gasteiger partial charge is 0.248 e. The molecule has 0 saturated carbocycles. The lowest BCUT2D eigenvalue weighted by Gasteiger charge is -2.44. The number of hydrogen-bond donors (Lipinski definition) is 1. The van der Waals surface area contributed by atoms with E-state index in [9.17, 15) is 13.2 Å². The molecule has 32 heavy (non-hydrogen) atoms. The van der Waals surface area contributed by atoms with E-state index in [0.29, 0.717) is 22.3 Å². The number of rotatable bonds is 8. The summed E-state index contributed by atoms with van der Waals surface area (Å²) in [6.07, 6.45) is 4.50. The van der Waals surface area contributed by atoms with E-state index in [1.54, 1.807) is 33.1 Å². The van der Waals surface area contributed by atoms with Gasteiger partial charge < -0.3 is 19.7 Å². The van der Waals surface area contributed by atoms with Gasteiger partial charge in [-0.25, -0.2) is 8.42 Å². The van der Waals surface area contributed by atoms with Gasteiger partial charge in [-0.2, -0.15) is 4.31 Å². The lowest BCUT2D eigenvalue weighted by atomic mass is 9.71. The zero-order valence-electron chi connectivity index (χ0n) is 19.8. The summed E-state index contributed by atoms with van der Waals surface area (Å²) in [4.78, 5) is 14.7. The fourth-order valence-electron chi connectivity index (χ4n) is 4.84.